The molecule has 3 rings (SSSR count). The molecule has 0 spiro atoms. The van der Waals surface area contributed by atoms with Gasteiger partial charge in [0.05, 0.1) is 0 Å². The highest BCUT2D eigenvalue weighted by Gasteiger charge is 2.36. The molecule has 0 radical (unpaired) electrons. The molecule has 0 bridgehead atoms. The summed E-state index contributed by atoms with van der Waals surface area (Å²) in [6.07, 6.45) is 6.94. The number of thioether (sulfide) groups is 1. The molecule has 0 saturated carbocycles. The minimum Gasteiger partial charge on any atom is -0.130 e. The third-order valence-electron chi connectivity index (χ3n) is 5.81. The van der Waals surface area contributed by atoms with Crippen LogP contribution in [-0.4, -0.2) is 6.26 Å². The molecule has 0 N–H and O–H groups in total. The Labute approximate surface area is 157 Å². The van der Waals surface area contributed by atoms with E-state index < -0.39 is 0 Å². The lowest BCUT2D eigenvalue weighted by Crippen LogP contribution is -2.33. The van der Waals surface area contributed by atoms with Gasteiger partial charge in [0.15, 0.2) is 0 Å². The summed E-state index contributed by atoms with van der Waals surface area (Å²) < 4.78 is 0. The van der Waals surface area contributed by atoms with E-state index in [0.29, 0.717) is 0 Å². The van der Waals surface area contributed by atoms with Gasteiger partial charge in [0.25, 0.3) is 0 Å². The molecule has 0 saturated heterocycles. The Kier molecular flexibility index (Phi) is 4.90. The lowest BCUT2D eigenvalue weighted by Gasteiger charge is -2.42. The molecule has 0 fully saturated rings. The predicted octanol–water partition coefficient (Wildman–Crippen LogP) is 7.32. The summed E-state index contributed by atoms with van der Waals surface area (Å²) in [5.41, 5.74) is 7.57. The first-order chi connectivity index (χ1) is 11.7. The van der Waals surface area contributed by atoms with Gasteiger partial charge >= 0.3 is 0 Å². The Morgan fingerprint density at radius 1 is 0.880 bits per heavy atom. The van der Waals surface area contributed by atoms with E-state index in [9.17, 15) is 0 Å². The molecule has 0 atom stereocenters. The second-order valence-corrected chi connectivity index (χ2v) is 9.51. The lowest BCUT2D eigenvalue weighted by atomic mass is 9.63. The molecule has 0 aliphatic heterocycles. The van der Waals surface area contributed by atoms with Crippen molar-refractivity contribution in [1.29, 1.82) is 0 Å². The van der Waals surface area contributed by atoms with Gasteiger partial charge in [0, 0.05) is 4.90 Å². The normalized spacial score (nSPS) is 18.7. The Bertz CT molecular complexity index is 791. The van der Waals surface area contributed by atoms with Crippen molar-refractivity contribution in [2.24, 2.45) is 0 Å². The largest absolute Gasteiger partial charge is 0.130 e. The molecule has 0 unspecified atom stereocenters. The van der Waals surface area contributed by atoms with E-state index in [4.69, 9.17) is 0 Å². The first-order valence-corrected chi connectivity index (χ1v) is 10.4. The highest BCUT2D eigenvalue weighted by atomic mass is 32.2. The molecule has 1 aliphatic carbocycles. The smallest absolute Gasteiger partial charge is 0.00695 e. The number of allylic oxidation sites excluding steroid dienone is 1. The van der Waals surface area contributed by atoms with Crippen LogP contribution in [-0.2, 0) is 10.8 Å². The zero-order valence-corrected chi connectivity index (χ0v) is 17.3. The molecule has 132 valence electrons. The summed E-state index contributed by atoms with van der Waals surface area (Å²) in [5, 5.41) is 0. The van der Waals surface area contributed by atoms with Crippen molar-refractivity contribution in [3.8, 4) is 0 Å². The standard InChI is InChI=1S/C24H30S/c1-17(15-18-7-10-20(25-6)11-8-18)19-9-12-21-22(16-19)24(4,5)14-13-23(21,2)3/h7-12,15-16H,13-14H2,1-6H3. The van der Waals surface area contributed by atoms with Crippen molar-refractivity contribution < 1.29 is 0 Å². The van der Waals surface area contributed by atoms with Crippen LogP contribution in [0.3, 0.4) is 0 Å². The molecular weight excluding hydrogens is 320 g/mol. The topological polar surface area (TPSA) is 0 Å². The van der Waals surface area contributed by atoms with Crippen molar-refractivity contribution in [3.05, 3.63) is 64.7 Å². The van der Waals surface area contributed by atoms with Gasteiger partial charge in [0.2, 0.25) is 0 Å². The fraction of sp³-hybridized carbons (Fsp3) is 0.417. The van der Waals surface area contributed by atoms with Crippen LogP contribution >= 0.6 is 11.8 Å². The van der Waals surface area contributed by atoms with Crippen molar-refractivity contribution in [2.75, 3.05) is 6.26 Å². The summed E-state index contributed by atoms with van der Waals surface area (Å²) in [5.74, 6) is 0. The van der Waals surface area contributed by atoms with Crippen molar-refractivity contribution in [3.63, 3.8) is 0 Å². The summed E-state index contributed by atoms with van der Waals surface area (Å²) in [6, 6.07) is 15.9. The molecule has 2 aromatic carbocycles. The van der Waals surface area contributed by atoms with Gasteiger partial charge in [0.1, 0.15) is 0 Å². The molecule has 1 heteroatoms. The Morgan fingerprint density at radius 2 is 1.48 bits per heavy atom. The van der Waals surface area contributed by atoms with Gasteiger partial charge in [-0.1, -0.05) is 64.1 Å². The second-order valence-electron chi connectivity index (χ2n) is 8.63. The molecule has 0 amide bonds. The Hall–Kier alpha value is -1.47. The van der Waals surface area contributed by atoms with Crippen molar-refractivity contribution in [1.82, 2.24) is 0 Å². The van der Waals surface area contributed by atoms with Crippen LogP contribution in [0.5, 0.6) is 0 Å². The molecule has 25 heavy (non-hydrogen) atoms. The molecule has 0 heterocycles. The molecule has 0 aromatic heterocycles. The van der Waals surface area contributed by atoms with E-state index in [2.05, 4.69) is 89.4 Å². The summed E-state index contributed by atoms with van der Waals surface area (Å²) in [7, 11) is 0. The van der Waals surface area contributed by atoms with Crippen LogP contribution in [0.25, 0.3) is 11.6 Å². The fourth-order valence-corrected chi connectivity index (χ4v) is 4.28. The van der Waals surface area contributed by atoms with Gasteiger partial charge in [-0.25, -0.2) is 0 Å². The van der Waals surface area contributed by atoms with E-state index >= 15 is 0 Å². The maximum Gasteiger partial charge on any atom is 0.00695 e. The highest BCUT2D eigenvalue weighted by molar-refractivity contribution is 7.98. The quantitative estimate of drug-likeness (QED) is 0.413. The predicted molar refractivity (Wildman–Crippen MR) is 113 cm³/mol. The molecule has 0 nitrogen and oxygen atoms in total. The van der Waals surface area contributed by atoms with Gasteiger partial charge in [-0.2, -0.15) is 0 Å². The SMILES string of the molecule is CSc1ccc(C=C(C)c2ccc3c(c2)C(C)(C)CCC3(C)C)cc1. The maximum absolute atomic E-state index is 2.44. The van der Waals surface area contributed by atoms with Crippen LogP contribution in [0.2, 0.25) is 0 Å². The first-order valence-electron chi connectivity index (χ1n) is 9.21. The van der Waals surface area contributed by atoms with E-state index in [1.54, 1.807) is 11.8 Å². The van der Waals surface area contributed by atoms with Gasteiger partial charge in [-0.15, -0.1) is 11.8 Å². The van der Waals surface area contributed by atoms with E-state index in [1.165, 1.54) is 45.6 Å². The van der Waals surface area contributed by atoms with Crippen LogP contribution < -0.4 is 0 Å². The number of benzene rings is 2. The average molecular weight is 351 g/mol. The van der Waals surface area contributed by atoms with Crippen LogP contribution in [0.1, 0.15) is 69.7 Å². The number of hydrogen-bond donors (Lipinski definition) is 0. The van der Waals surface area contributed by atoms with E-state index in [0.717, 1.165) is 0 Å². The number of fused-ring (bicyclic) bond motifs is 1. The monoisotopic (exact) mass is 350 g/mol. The molecule has 2 aromatic rings. The maximum atomic E-state index is 2.44. The van der Waals surface area contributed by atoms with Crippen molar-refractivity contribution in [2.45, 2.75) is 63.2 Å². The second kappa shape index (κ2) is 6.68. The summed E-state index contributed by atoms with van der Waals surface area (Å²) >= 11 is 1.79. The minimum absolute atomic E-state index is 0.265. The minimum atomic E-state index is 0.265. The van der Waals surface area contributed by atoms with Gasteiger partial charge in [-0.05, 0) is 76.8 Å². The fourth-order valence-electron chi connectivity index (χ4n) is 3.87. The number of hydrogen-bond acceptors (Lipinski definition) is 1. The van der Waals surface area contributed by atoms with E-state index in [-0.39, 0.29) is 10.8 Å². The molecular formula is C24H30S. The van der Waals surface area contributed by atoms with Crippen LogP contribution in [0.15, 0.2) is 47.4 Å². The lowest BCUT2D eigenvalue weighted by molar-refractivity contribution is 0.332. The van der Waals surface area contributed by atoms with Crippen LogP contribution in [0, 0.1) is 0 Å². The Morgan fingerprint density at radius 3 is 2.08 bits per heavy atom. The average Bonchev–Trinajstić information content (AvgIpc) is 2.59. The van der Waals surface area contributed by atoms with Crippen LogP contribution in [0.4, 0.5) is 0 Å². The number of rotatable bonds is 3. The van der Waals surface area contributed by atoms with Crippen molar-refractivity contribution >= 4 is 23.4 Å². The third kappa shape index (κ3) is 3.72. The molecule has 1 aliphatic rings. The van der Waals surface area contributed by atoms with Gasteiger partial charge in [-0.3, -0.25) is 0 Å². The van der Waals surface area contributed by atoms with Gasteiger partial charge < -0.3 is 0 Å². The zero-order chi connectivity index (χ0) is 18.2. The van der Waals surface area contributed by atoms with E-state index in [1.807, 2.05) is 0 Å². The zero-order valence-electron chi connectivity index (χ0n) is 16.4. The summed E-state index contributed by atoms with van der Waals surface area (Å²) in [4.78, 5) is 1.31. The third-order valence-corrected chi connectivity index (χ3v) is 6.55. The first kappa shape index (κ1) is 18.3. The summed E-state index contributed by atoms with van der Waals surface area (Å²) in [6.45, 7) is 11.8. The highest BCUT2D eigenvalue weighted by Crippen LogP contribution is 2.46. The Balaban J connectivity index is 1.99.